The monoisotopic (exact) mass is 416 g/mol. The van der Waals surface area contributed by atoms with Gasteiger partial charge >= 0.3 is 5.69 Å². The summed E-state index contributed by atoms with van der Waals surface area (Å²) in [6.45, 7) is -0.250. The maximum absolute atomic E-state index is 11.8. The molecule has 0 bridgehead atoms. The van der Waals surface area contributed by atoms with Crippen LogP contribution in [0.15, 0.2) is 21.9 Å². The summed E-state index contributed by atoms with van der Waals surface area (Å²) in [6.07, 6.45) is -3.79. The summed E-state index contributed by atoms with van der Waals surface area (Å²) in [4.78, 5) is 34.8. The number of aliphatic hydroxyl groups excluding tert-OH is 2. The molecule has 5 atom stereocenters. The van der Waals surface area contributed by atoms with E-state index < -0.39 is 41.5 Å². The normalized spacial score (nSPS) is 29.5. The molecule has 1 aliphatic heterocycles. The van der Waals surface area contributed by atoms with Crippen LogP contribution in [0.4, 0.5) is 0 Å². The first-order valence-electron chi connectivity index (χ1n) is 6.81. The van der Waals surface area contributed by atoms with Crippen molar-refractivity contribution < 1.29 is 24.4 Å². The van der Waals surface area contributed by atoms with E-state index in [1.54, 1.807) is 0 Å². The Morgan fingerprint density at radius 3 is 2.79 bits per heavy atom. The number of aliphatic hydroxyl groups is 2. The Hall–Kier alpha value is -0.170. The standard InChI is InChI=1S/C11H17N2O7PS3/c14-7-1-2-13(11(17)12-7)10-9(16)8(15)6(20-10)5-19-21(18,23)24-4-3-22/h1-2,6,8-10,15-16,22H,3-5H2,(H,18,23)(H,12,14,17)/t6-,8?,9?,10-,21?/m1/s1. The molecule has 13 heteroatoms. The summed E-state index contributed by atoms with van der Waals surface area (Å²) in [7, 11) is 0. The minimum absolute atomic E-state index is 0.250. The fourth-order valence-electron chi connectivity index (χ4n) is 2.09. The van der Waals surface area contributed by atoms with Crippen LogP contribution in [0.1, 0.15) is 6.23 Å². The number of thiol groups is 1. The summed E-state index contributed by atoms with van der Waals surface area (Å²) in [5, 5.41) is 20.1. The number of nitrogens with one attached hydrogen (secondary N) is 1. The van der Waals surface area contributed by atoms with E-state index in [4.69, 9.17) is 21.1 Å². The average molecular weight is 416 g/mol. The van der Waals surface area contributed by atoms with E-state index in [1.807, 2.05) is 4.98 Å². The minimum Gasteiger partial charge on any atom is -0.387 e. The molecule has 1 fully saturated rings. The summed E-state index contributed by atoms with van der Waals surface area (Å²) in [5.41, 5.74) is -4.48. The maximum Gasteiger partial charge on any atom is 0.330 e. The smallest absolute Gasteiger partial charge is 0.330 e. The Morgan fingerprint density at radius 1 is 1.46 bits per heavy atom. The first-order chi connectivity index (χ1) is 11.2. The summed E-state index contributed by atoms with van der Waals surface area (Å²) in [6, 6.07) is 1.09. The fraction of sp³-hybridized carbons (Fsp3) is 0.636. The Labute approximate surface area is 151 Å². The van der Waals surface area contributed by atoms with E-state index in [0.717, 1.165) is 28.2 Å². The van der Waals surface area contributed by atoms with Gasteiger partial charge in [-0.05, 0) is 17.6 Å². The van der Waals surface area contributed by atoms with Crippen LogP contribution < -0.4 is 11.2 Å². The predicted molar refractivity (Wildman–Crippen MR) is 96.0 cm³/mol. The van der Waals surface area contributed by atoms with Gasteiger partial charge in [0.1, 0.15) is 18.3 Å². The van der Waals surface area contributed by atoms with E-state index in [0.29, 0.717) is 11.5 Å². The molecule has 0 saturated carbocycles. The second-order valence-electron chi connectivity index (χ2n) is 4.88. The second kappa shape index (κ2) is 8.47. The van der Waals surface area contributed by atoms with Gasteiger partial charge in [-0.1, -0.05) is 11.4 Å². The minimum atomic E-state index is -3.10. The summed E-state index contributed by atoms with van der Waals surface area (Å²) >= 11 is 10.0. The van der Waals surface area contributed by atoms with Gasteiger partial charge in [-0.25, -0.2) is 4.79 Å². The number of H-pyrrole nitrogens is 1. The number of ether oxygens (including phenoxy) is 1. The molecule has 1 aliphatic rings. The van der Waals surface area contributed by atoms with Crippen molar-refractivity contribution in [3.8, 4) is 0 Å². The van der Waals surface area contributed by atoms with Crippen molar-refractivity contribution in [1.29, 1.82) is 0 Å². The van der Waals surface area contributed by atoms with Crippen molar-refractivity contribution in [2.45, 2.75) is 24.5 Å². The number of hydrogen-bond donors (Lipinski definition) is 5. The molecule has 24 heavy (non-hydrogen) atoms. The first kappa shape index (κ1) is 20.1. The Bertz CT molecular complexity index is 726. The predicted octanol–water partition coefficient (Wildman–Crippen LogP) is -0.948. The van der Waals surface area contributed by atoms with E-state index >= 15 is 0 Å². The summed E-state index contributed by atoms with van der Waals surface area (Å²) < 4.78 is 11.6. The molecule has 9 nitrogen and oxygen atoms in total. The zero-order chi connectivity index (χ0) is 17.9. The van der Waals surface area contributed by atoms with Crippen LogP contribution in [0, 0.1) is 0 Å². The SMILES string of the molecule is O=c1ccn([C@@H]2O[C@H](COP(O)(=S)SCCS)C(O)C2O)c(=O)[nH]1. The molecule has 0 spiro atoms. The third kappa shape index (κ3) is 4.93. The number of hydrogen-bond acceptors (Lipinski definition) is 9. The lowest BCUT2D eigenvalue weighted by Gasteiger charge is -2.19. The lowest BCUT2D eigenvalue weighted by atomic mass is 10.1. The molecule has 0 amide bonds. The van der Waals surface area contributed by atoms with Gasteiger partial charge in [0.15, 0.2) is 6.23 Å². The highest BCUT2D eigenvalue weighted by Gasteiger charge is 2.44. The van der Waals surface area contributed by atoms with Gasteiger partial charge in [-0.2, -0.15) is 12.6 Å². The van der Waals surface area contributed by atoms with Crippen LogP contribution in [0.25, 0.3) is 0 Å². The van der Waals surface area contributed by atoms with Crippen LogP contribution >= 0.6 is 29.7 Å². The van der Waals surface area contributed by atoms with Crippen LogP contribution in [-0.4, -0.2) is 61.1 Å². The highest BCUT2D eigenvalue weighted by molar-refractivity contribution is 8.67. The molecule has 0 aliphatic carbocycles. The second-order valence-corrected chi connectivity index (χ2v) is 11.6. The van der Waals surface area contributed by atoms with Crippen LogP contribution in [0.5, 0.6) is 0 Å². The largest absolute Gasteiger partial charge is 0.387 e. The topological polar surface area (TPSA) is 134 Å². The number of aromatic nitrogens is 2. The fourth-order valence-corrected chi connectivity index (χ4v) is 5.74. The van der Waals surface area contributed by atoms with Crippen molar-refractivity contribution in [2.24, 2.45) is 0 Å². The van der Waals surface area contributed by atoms with Crippen molar-refractivity contribution >= 4 is 41.5 Å². The van der Waals surface area contributed by atoms with Gasteiger partial charge in [-0.3, -0.25) is 14.3 Å². The van der Waals surface area contributed by atoms with E-state index in [1.165, 1.54) is 0 Å². The van der Waals surface area contributed by atoms with Gasteiger partial charge in [0.05, 0.1) is 6.61 Å². The lowest BCUT2D eigenvalue weighted by Crippen LogP contribution is -2.37. The molecule has 0 aromatic carbocycles. The summed E-state index contributed by atoms with van der Waals surface area (Å²) in [5.74, 6) is 1.02. The zero-order valence-corrected chi connectivity index (χ0v) is 15.6. The quantitative estimate of drug-likeness (QED) is 0.282. The van der Waals surface area contributed by atoms with E-state index in [2.05, 4.69) is 12.6 Å². The molecule has 1 aromatic rings. The third-order valence-electron chi connectivity index (χ3n) is 3.21. The molecular formula is C11H17N2O7PS3. The number of rotatable bonds is 7. The molecule has 0 radical (unpaired) electrons. The third-order valence-corrected chi connectivity index (χ3v) is 8.03. The van der Waals surface area contributed by atoms with Gasteiger partial charge in [0.25, 0.3) is 5.56 Å². The Morgan fingerprint density at radius 2 is 2.17 bits per heavy atom. The molecule has 3 unspecified atom stereocenters. The zero-order valence-electron chi connectivity index (χ0n) is 12.2. The molecule has 136 valence electrons. The van der Waals surface area contributed by atoms with Crippen LogP contribution in [0.3, 0.4) is 0 Å². The maximum atomic E-state index is 11.8. The van der Waals surface area contributed by atoms with Crippen LogP contribution in [-0.2, 0) is 21.1 Å². The van der Waals surface area contributed by atoms with Gasteiger partial charge in [0, 0.05) is 18.0 Å². The van der Waals surface area contributed by atoms with Gasteiger partial charge in [0.2, 0.25) is 5.69 Å². The molecule has 2 heterocycles. The van der Waals surface area contributed by atoms with E-state index in [-0.39, 0.29) is 6.61 Å². The average Bonchev–Trinajstić information content (AvgIpc) is 2.79. The van der Waals surface area contributed by atoms with Crippen molar-refractivity contribution in [1.82, 2.24) is 9.55 Å². The Balaban J connectivity index is 2.06. The molecule has 4 N–H and O–H groups in total. The van der Waals surface area contributed by atoms with Crippen molar-refractivity contribution in [2.75, 3.05) is 18.1 Å². The molecular weight excluding hydrogens is 399 g/mol. The first-order valence-corrected chi connectivity index (χ1v) is 11.7. The highest BCUT2D eigenvalue weighted by Crippen LogP contribution is 2.56. The number of aromatic amines is 1. The molecule has 1 aromatic heterocycles. The molecule has 2 rings (SSSR count). The van der Waals surface area contributed by atoms with Crippen LogP contribution in [0.2, 0.25) is 0 Å². The number of nitrogens with zero attached hydrogens (tertiary/aromatic N) is 1. The van der Waals surface area contributed by atoms with E-state index in [9.17, 15) is 24.7 Å². The Kier molecular flexibility index (Phi) is 7.11. The van der Waals surface area contributed by atoms with Gasteiger partial charge < -0.3 is 24.4 Å². The molecule has 1 saturated heterocycles. The van der Waals surface area contributed by atoms with Gasteiger partial charge in [-0.15, -0.1) is 0 Å². The highest BCUT2D eigenvalue weighted by atomic mass is 32.9. The van der Waals surface area contributed by atoms with Crippen molar-refractivity contribution in [3.05, 3.63) is 33.1 Å². The lowest BCUT2D eigenvalue weighted by molar-refractivity contribution is -0.0511. The van der Waals surface area contributed by atoms with Crippen molar-refractivity contribution in [3.63, 3.8) is 0 Å².